The molecule has 24 heavy (non-hydrogen) atoms. The van der Waals surface area contributed by atoms with Gasteiger partial charge < -0.3 is 10.2 Å². The predicted octanol–water partition coefficient (Wildman–Crippen LogP) is 1.82. The second-order valence-corrected chi connectivity index (χ2v) is 7.05. The van der Waals surface area contributed by atoms with Gasteiger partial charge in [0.1, 0.15) is 5.82 Å². The molecule has 1 aliphatic heterocycles. The van der Waals surface area contributed by atoms with Crippen LogP contribution in [0.15, 0.2) is 22.3 Å². The van der Waals surface area contributed by atoms with Gasteiger partial charge in [-0.2, -0.15) is 5.10 Å². The highest BCUT2D eigenvalue weighted by atomic mass is 32.1. The van der Waals surface area contributed by atoms with E-state index in [1.54, 1.807) is 10.7 Å². The van der Waals surface area contributed by atoms with E-state index in [0.717, 1.165) is 44.0 Å². The van der Waals surface area contributed by atoms with Crippen LogP contribution >= 0.6 is 11.5 Å². The van der Waals surface area contributed by atoms with Gasteiger partial charge in [-0.3, -0.25) is 4.79 Å². The Kier molecular flexibility index (Phi) is 5.57. The standard InChI is InChI=1S/C16H24N6OS/c1-12(2)22-16(23)7-6-15(19-22)21-8-4-3-5-14(21)10-17-9-13-11-24-20-18-13/h6-7,11-12,14,17H,3-5,8-10H2,1-2H3. The van der Waals surface area contributed by atoms with Gasteiger partial charge in [0.2, 0.25) is 0 Å². The highest BCUT2D eigenvalue weighted by molar-refractivity contribution is 7.03. The average molecular weight is 348 g/mol. The summed E-state index contributed by atoms with van der Waals surface area (Å²) in [4.78, 5) is 14.3. The summed E-state index contributed by atoms with van der Waals surface area (Å²) in [6, 6.07) is 3.93. The van der Waals surface area contributed by atoms with Crippen LogP contribution in [0.5, 0.6) is 0 Å². The molecule has 0 aromatic carbocycles. The fraction of sp³-hybridized carbons (Fsp3) is 0.625. The third kappa shape index (κ3) is 3.99. The van der Waals surface area contributed by atoms with Crippen LogP contribution in [0.4, 0.5) is 5.82 Å². The number of anilines is 1. The first-order valence-electron chi connectivity index (χ1n) is 8.48. The van der Waals surface area contributed by atoms with Crippen molar-refractivity contribution in [1.29, 1.82) is 0 Å². The van der Waals surface area contributed by atoms with Crippen LogP contribution in [-0.2, 0) is 6.54 Å². The Morgan fingerprint density at radius 3 is 3.00 bits per heavy atom. The van der Waals surface area contributed by atoms with Crippen LogP contribution in [-0.4, -0.2) is 38.5 Å². The van der Waals surface area contributed by atoms with Crippen molar-refractivity contribution in [1.82, 2.24) is 24.7 Å². The molecule has 1 atom stereocenters. The van der Waals surface area contributed by atoms with Crippen molar-refractivity contribution in [3.63, 3.8) is 0 Å². The van der Waals surface area contributed by atoms with Gasteiger partial charge in [-0.05, 0) is 50.7 Å². The van der Waals surface area contributed by atoms with E-state index in [4.69, 9.17) is 0 Å². The zero-order valence-electron chi connectivity index (χ0n) is 14.2. The van der Waals surface area contributed by atoms with Crippen molar-refractivity contribution in [2.45, 2.75) is 51.7 Å². The summed E-state index contributed by atoms with van der Waals surface area (Å²) in [5.74, 6) is 0.894. The second kappa shape index (κ2) is 7.85. The Balaban J connectivity index is 1.69. The zero-order chi connectivity index (χ0) is 16.9. The molecule has 1 fully saturated rings. The maximum Gasteiger partial charge on any atom is 0.267 e. The Hall–Kier alpha value is -1.80. The minimum absolute atomic E-state index is 0.0449. The second-order valence-electron chi connectivity index (χ2n) is 6.44. The smallest absolute Gasteiger partial charge is 0.267 e. The Labute approximate surface area is 145 Å². The normalized spacial score (nSPS) is 18.3. The summed E-state index contributed by atoms with van der Waals surface area (Å²) < 4.78 is 5.45. The summed E-state index contributed by atoms with van der Waals surface area (Å²) in [6.07, 6.45) is 3.52. The van der Waals surface area contributed by atoms with E-state index < -0.39 is 0 Å². The molecule has 2 aromatic heterocycles. The zero-order valence-corrected chi connectivity index (χ0v) is 15.0. The van der Waals surface area contributed by atoms with Crippen LogP contribution in [0.1, 0.15) is 44.8 Å². The maximum atomic E-state index is 11.9. The minimum atomic E-state index is -0.0449. The number of rotatable bonds is 6. The first-order valence-corrected chi connectivity index (χ1v) is 9.32. The number of nitrogens with one attached hydrogen (secondary N) is 1. The van der Waals surface area contributed by atoms with Crippen molar-refractivity contribution in [2.24, 2.45) is 0 Å². The van der Waals surface area contributed by atoms with Gasteiger partial charge in [0.05, 0.1) is 11.7 Å². The van der Waals surface area contributed by atoms with Crippen molar-refractivity contribution >= 4 is 17.4 Å². The topological polar surface area (TPSA) is 75.9 Å². The molecule has 0 spiro atoms. The lowest BCUT2D eigenvalue weighted by molar-refractivity contribution is 0.422. The quantitative estimate of drug-likeness (QED) is 0.858. The molecule has 1 saturated heterocycles. The number of nitrogens with zero attached hydrogens (tertiary/aromatic N) is 5. The lowest BCUT2D eigenvalue weighted by atomic mass is 10.0. The molecule has 1 aliphatic rings. The molecule has 2 aromatic rings. The summed E-state index contributed by atoms with van der Waals surface area (Å²) in [7, 11) is 0. The Morgan fingerprint density at radius 2 is 2.25 bits per heavy atom. The summed E-state index contributed by atoms with van der Waals surface area (Å²) >= 11 is 1.37. The number of hydrogen-bond donors (Lipinski definition) is 1. The molecule has 0 saturated carbocycles. The van der Waals surface area contributed by atoms with E-state index in [-0.39, 0.29) is 11.6 Å². The first kappa shape index (κ1) is 17.0. The van der Waals surface area contributed by atoms with Gasteiger partial charge in [-0.15, -0.1) is 5.10 Å². The third-order valence-corrected chi connectivity index (χ3v) is 4.87. The molecule has 7 nitrogen and oxygen atoms in total. The van der Waals surface area contributed by atoms with E-state index in [0.29, 0.717) is 6.04 Å². The van der Waals surface area contributed by atoms with Crippen molar-refractivity contribution < 1.29 is 0 Å². The van der Waals surface area contributed by atoms with E-state index in [2.05, 4.69) is 24.9 Å². The SMILES string of the molecule is CC(C)n1nc(N2CCCCC2CNCc2csnn2)ccc1=O. The fourth-order valence-electron chi connectivity index (χ4n) is 3.08. The van der Waals surface area contributed by atoms with E-state index in [9.17, 15) is 4.79 Å². The molecule has 0 amide bonds. The average Bonchev–Trinajstić information content (AvgIpc) is 3.09. The number of aromatic nitrogens is 4. The molecule has 1 N–H and O–H groups in total. The minimum Gasteiger partial charge on any atom is -0.351 e. The molecule has 3 rings (SSSR count). The fourth-order valence-corrected chi connectivity index (χ4v) is 3.53. The molecule has 0 radical (unpaired) electrons. The van der Waals surface area contributed by atoms with Crippen LogP contribution in [0, 0.1) is 0 Å². The molecule has 0 bridgehead atoms. The molecule has 3 heterocycles. The molecule has 8 heteroatoms. The molecular formula is C16H24N6OS. The number of hydrogen-bond acceptors (Lipinski definition) is 7. The summed E-state index contributed by atoms with van der Waals surface area (Å²) in [6.45, 7) is 6.55. The van der Waals surface area contributed by atoms with Gasteiger partial charge in [0.25, 0.3) is 5.56 Å². The van der Waals surface area contributed by atoms with Crippen molar-refractivity contribution in [3.05, 3.63) is 33.6 Å². The van der Waals surface area contributed by atoms with E-state index in [1.165, 1.54) is 18.0 Å². The number of piperidine rings is 1. The highest BCUT2D eigenvalue weighted by Gasteiger charge is 2.24. The lowest BCUT2D eigenvalue weighted by Gasteiger charge is -2.37. The van der Waals surface area contributed by atoms with Crippen LogP contribution in [0.2, 0.25) is 0 Å². The van der Waals surface area contributed by atoms with Crippen LogP contribution in [0.25, 0.3) is 0 Å². The lowest BCUT2D eigenvalue weighted by Crippen LogP contribution is -2.46. The van der Waals surface area contributed by atoms with Gasteiger partial charge in [-0.1, -0.05) is 4.49 Å². The van der Waals surface area contributed by atoms with Crippen molar-refractivity contribution in [3.8, 4) is 0 Å². The summed E-state index contributed by atoms with van der Waals surface area (Å²) in [5.41, 5.74) is 0.935. The Bertz CT molecular complexity index is 699. The van der Waals surface area contributed by atoms with Crippen LogP contribution < -0.4 is 15.8 Å². The monoisotopic (exact) mass is 348 g/mol. The first-order chi connectivity index (χ1) is 11.6. The van der Waals surface area contributed by atoms with E-state index in [1.807, 2.05) is 25.3 Å². The van der Waals surface area contributed by atoms with Crippen molar-refractivity contribution in [2.75, 3.05) is 18.0 Å². The third-order valence-electron chi connectivity index (χ3n) is 4.31. The Morgan fingerprint density at radius 1 is 1.38 bits per heavy atom. The van der Waals surface area contributed by atoms with Crippen LogP contribution in [0.3, 0.4) is 0 Å². The van der Waals surface area contributed by atoms with Gasteiger partial charge in [0.15, 0.2) is 0 Å². The molecule has 1 unspecified atom stereocenters. The maximum absolute atomic E-state index is 11.9. The van der Waals surface area contributed by atoms with Gasteiger partial charge in [0, 0.05) is 37.1 Å². The molecular weight excluding hydrogens is 324 g/mol. The predicted molar refractivity (Wildman–Crippen MR) is 95.5 cm³/mol. The highest BCUT2D eigenvalue weighted by Crippen LogP contribution is 2.22. The van der Waals surface area contributed by atoms with E-state index >= 15 is 0 Å². The largest absolute Gasteiger partial charge is 0.351 e. The molecule has 0 aliphatic carbocycles. The summed E-state index contributed by atoms with van der Waals surface area (Å²) in [5, 5.41) is 14.1. The molecule has 130 valence electrons. The van der Waals surface area contributed by atoms with Gasteiger partial charge in [-0.25, -0.2) is 4.68 Å². The van der Waals surface area contributed by atoms with Gasteiger partial charge >= 0.3 is 0 Å².